The van der Waals surface area contributed by atoms with Crippen LogP contribution in [0.4, 0.5) is 5.82 Å². The van der Waals surface area contributed by atoms with E-state index in [9.17, 15) is 0 Å². The molecule has 1 aliphatic heterocycles. The predicted molar refractivity (Wildman–Crippen MR) is 77.9 cm³/mol. The third-order valence-electron chi connectivity index (χ3n) is 2.90. The minimum Gasteiger partial charge on any atom is -0.365 e. The highest BCUT2D eigenvalue weighted by molar-refractivity contribution is 9.11. The standard InChI is InChI=1S/C12H13BrN4S/c13-11-3-2-10(18-11)9-1-4-12(17-16-9)15-8-5-6-14-7-8/h1-4,8,14H,5-7H2,(H,15,17). The monoisotopic (exact) mass is 324 g/mol. The fourth-order valence-corrected chi connectivity index (χ4v) is 3.33. The Morgan fingerprint density at radius 3 is 2.83 bits per heavy atom. The molecule has 0 aromatic carbocycles. The lowest BCUT2D eigenvalue weighted by Gasteiger charge is -2.11. The van der Waals surface area contributed by atoms with Crippen molar-refractivity contribution in [2.45, 2.75) is 12.5 Å². The molecule has 0 bridgehead atoms. The van der Waals surface area contributed by atoms with E-state index in [0.717, 1.165) is 39.7 Å². The molecule has 2 N–H and O–H groups in total. The first-order valence-electron chi connectivity index (χ1n) is 5.88. The van der Waals surface area contributed by atoms with Crippen molar-refractivity contribution in [3.8, 4) is 10.6 Å². The molecule has 1 aliphatic rings. The first kappa shape index (κ1) is 12.1. The summed E-state index contributed by atoms with van der Waals surface area (Å²) in [5.41, 5.74) is 0.917. The minimum absolute atomic E-state index is 0.473. The van der Waals surface area contributed by atoms with Gasteiger partial charge in [0.1, 0.15) is 11.5 Å². The van der Waals surface area contributed by atoms with Crippen molar-refractivity contribution in [3.63, 3.8) is 0 Å². The Hall–Kier alpha value is -0.980. The summed E-state index contributed by atoms with van der Waals surface area (Å²) in [5.74, 6) is 0.850. The van der Waals surface area contributed by atoms with Crippen molar-refractivity contribution in [1.82, 2.24) is 15.5 Å². The van der Waals surface area contributed by atoms with Gasteiger partial charge in [0, 0.05) is 12.6 Å². The molecule has 3 heterocycles. The van der Waals surface area contributed by atoms with Gasteiger partial charge in [0.2, 0.25) is 0 Å². The third kappa shape index (κ3) is 2.71. The molecule has 1 atom stereocenters. The van der Waals surface area contributed by atoms with E-state index in [1.807, 2.05) is 24.3 Å². The molecule has 1 saturated heterocycles. The summed E-state index contributed by atoms with van der Waals surface area (Å²) in [6.45, 7) is 2.08. The van der Waals surface area contributed by atoms with Crippen LogP contribution in [0.1, 0.15) is 6.42 Å². The summed E-state index contributed by atoms with van der Waals surface area (Å²) in [6, 6.07) is 8.55. The third-order valence-corrected chi connectivity index (χ3v) is 4.55. The van der Waals surface area contributed by atoms with E-state index in [0.29, 0.717) is 6.04 Å². The Bertz CT molecular complexity index is 519. The summed E-state index contributed by atoms with van der Waals surface area (Å²) in [6.07, 6.45) is 1.14. The summed E-state index contributed by atoms with van der Waals surface area (Å²) in [7, 11) is 0. The summed E-state index contributed by atoms with van der Waals surface area (Å²) < 4.78 is 1.11. The average molecular weight is 325 g/mol. The maximum atomic E-state index is 4.26. The number of nitrogens with one attached hydrogen (secondary N) is 2. The number of anilines is 1. The fourth-order valence-electron chi connectivity index (χ4n) is 1.98. The van der Waals surface area contributed by atoms with Crippen molar-refractivity contribution < 1.29 is 0 Å². The van der Waals surface area contributed by atoms with Crippen molar-refractivity contribution >= 4 is 33.1 Å². The van der Waals surface area contributed by atoms with Gasteiger partial charge in [-0.25, -0.2) is 0 Å². The van der Waals surface area contributed by atoms with Gasteiger partial charge >= 0.3 is 0 Å². The molecule has 2 aromatic heterocycles. The molecule has 18 heavy (non-hydrogen) atoms. The van der Waals surface area contributed by atoms with Crippen molar-refractivity contribution in [2.75, 3.05) is 18.4 Å². The average Bonchev–Trinajstić information content (AvgIpc) is 3.02. The Balaban J connectivity index is 1.72. The lowest BCUT2D eigenvalue weighted by molar-refractivity contribution is 0.783. The van der Waals surface area contributed by atoms with E-state index >= 15 is 0 Å². The lowest BCUT2D eigenvalue weighted by atomic mass is 10.2. The zero-order chi connectivity index (χ0) is 12.4. The van der Waals surface area contributed by atoms with E-state index in [2.05, 4.69) is 36.8 Å². The summed E-state index contributed by atoms with van der Waals surface area (Å²) >= 11 is 5.12. The van der Waals surface area contributed by atoms with E-state index < -0.39 is 0 Å². The largest absolute Gasteiger partial charge is 0.365 e. The van der Waals surface area contributed by atoms with Crippen LogP contribution < -0.4 is 10.6 Å². The molecule has 1 fully saturated rings. The number of nitrogens with zero attached hydrogens (tertiary/aromatic N) is 2. The van der Waals surface area contributed by atoms with Gasteiger partial charge in [-0.15, -0.1) is 21.5 Å². The number of hydrogen-bond donors (Lipinski definition) is 2. The van der Waals surface area contributed by atoms with E-state index in [1.165, 1.54) is 0 Å². The number of halogens is 1. The first-order chi connectivity index (χ1) is 8.81. The van der Waals surface area contributed by atoms with Gasteiger partial charge in [-0.05, 0) is 53.2 Å². The van der Waals surface area contributed by atoms with Crippen molar-refractivity contribution in [3.05, 3.63) is 28.1 Å². The summed E-state index contributed by atoms with van der Waals surface area (Å²) in [4.78, 5) is 1.13. The van der Waals surface area contributed by atoms with Crippen LogP contribution in [0.3, 0.4) is 0 Å². The Morgan fingerprint density at radius 2 is 2.22 bits per heavy atom. The molecule has 6 heteroatoms. The highest BCUT2D eigenvalue weighted by atomic mass is 79.9. The quantitative estimate of drug-likeness (QED) is 0.911. The highest BCUT2D eigenvalue weighted by Gasteiger charge is 2.14. The Morgan fingerprint density at radius 1 is 1.28 bits per heavy atom. The molecule has 1 unspecified atom stereocenters. The fraction of sp³-hybridized carbons (Fsp3) is 0.333. The molecule has 0 amide bonds. The van der Waals surface area contributed by atoms with Gasteiger partial charge in [0.05, 0.1) is 8.66 Å². The number of hydrogen-bond acceptors (Lipinski definition) is 5. The second-order valence-corrected chi connectivity index (χ2v) is 6.70. The molecule has 0 aliphatic carbocycles. The number of rotatable bonds is 3. The van der Waals surface area contributed by atoms with Crippen molar-refractivity contribution in [2.24, 2.45) is 0 Å². The van der Waals surface area contributed by atoms with Crippen LogP contribution in [0.25, 0.3) is 10.6 Å². The predicted octanol–water partition coefficient (Wildman–Crippen LogP) is 2.74. The Kier molecular flexibility index (Phi) is 3.58. The van der Waals surface area contributed by atoms with Gasteiger partial charge in [-0.2, -0.15) is 0 Å². The molecular weight excluding hydrogens is 312 g/mol. The van der Waals surface area contributed by atoms with Gasteiger partial charge in [0.25, 0.3) is 0 Å². The lowest BCUT2D eigenvalue weighted by Crippen LogP contribution is -2.22. The van der Waals surface area contributed by atoms with Gasteiger partial charge in [-0.3, -0.25) is 0 Å². The zero-order valence-corrected chi connectivity index (χ0v) is 12.1. The topological polar surface area (TPSA) is 49.8 Å². The molecule has 3 rings (SSSR count). The van der Waals surface area contributed by atoms with E-state index in [-0.39, 0.29) is 0 Å². The van der Waals surface area contributed by atoms with E-state index in [1.54, 1.807) is 11.3 Å². The number of thiophene rings is 1. The first-order valence-corrected chi connectivity index (χ1v) is 7.49. The second-order valence-electron chi connectivity index (χ2n) is 4.24. The highest BCUT2D eigenvalue weighted by Crippen LogP contribution is 2.29. The van der Waals surface area contributed by atoms with E-state index in [4.69, 9.17) is 0 Å². The van der Waals surface area contributed by atoms with Gasteiger partial charge < -0.3 is 10.6 Å². The Labute approximate surface area is 118 Å². The maximum absolute atomic E-state index is 4.26. The normalized spacial score (nSPS) is 19.1. The molecule has 2 aromatic rings. The molecule has 0 radical (unpaired) electrons. The van der Waals surface area contributed by atoms with Crippen LogP contribution in [0.15, 0.2) is 28.1 Å². The summed E-state index contributed by atoms with van der Waals surface area (Å²) in [5, 5.41) is 15.2. The van der Waals surface area contributed by atoms with Crippen LogP contribution >= 0.6 is 27.3 Å². The van der Waals surface area contributed by atoms with Crippen LogP contribution in [-0.2, 0) is 0 Å². The van der Waals surface area contributed by atoms with Gasteiger partial charge in [-0.1, -0.05) is 0 Å². The maximum Gasteiger partial charge on any atom is 0.148 e. The van der Waals surface area contributed by atoms with Crippen LogP contribution in [0.2, 0.25) is 0 Å². The van der Waals surface area contributed by atoms with Crippen LogP contribution in [-0.4, -0.2) is 29.3 Å². The molecule has 94 valence electrons. The SMILES string of the molecule is Brc1ccc(-c2ccc(NC3CCNC3)nn2)s1. The molecule has 4 nitrogen and oxygen atoms in total. The number of aromatic nitrogens is 2. The minimum atomic E-state index is 0.473. The molecule has 0 spiro atoms. The zero-order valence-electron chi connectivity index (χ0n) is 9.69. The van der Waals surface area contributed by atoms with Gasteiger partial charge in [0.15, 0.2) is 0 Å². The van der Waals surface area contributed by atoms with Crippen LogP contribution in [0, 0.1) is 0 Å². The van der Waals surface area contributed by atoms with Crippen molar-refractivity contribution in [1.29, 1.82) is 0 Å². The smallest absolute Gasteiger partial charge is 0.148 e. The second kappa shape index (κ2) is 5.34. The molecule has 0 saturated carbocycles. The molecular formula is C12H13BrN4S. The van der Waals surface area contributed by atoms with Crippen LogP contribution in [0.5, 0.6) is 0 Å².